The van der Waals surface area contributed by atoms with E-state index in [4.69, 9.17) is 0 Å². The second kappa shape index (κ2) is 5.81. The first kappa shape index (κ1) is 14.0. The van der Waals surface area contributed by atoms with Gasteiger partial charge in [-0.05, 0) is 18.6 Å². The predicted octanol–water partition coefficient (Wildman–Crippen LogP) is 3.26. The minimum Gasteiger partial charge on any atom is -0.378 e. The molecular formula is C15H19N5S. The molecular weight excluding hydrogens is 282 g/mol. The van der Waals surface area contributed by atoms with Crippen LogP contribution in [-0.4, -0.2) is 33.9 Å². The molecule has 110 valence electrons. The normalized spacial score (nSPS) is 11.2. The second-order valence-electron chi connectivity index (χ2n) is 5.27. The molecule has 21 heavy (non-hydrogen) atoms. The highest BCUT2D eigenvalue weighted by Gasteiger charge is 2.13. The molecule has 0 aliphatic heterocycles. The topological polar surface area (TPSA) is 46.3 Å². The van der Waals surface area contributed by atoms with Gasteiger partial charge in [-0.1, -0.05) is 36.8 Å². The van der Waals surface area contributed by atoms with Gasteiger partial charge in [0.1, 0.15) is 5.01 Å². The highest BCUT2D eigenvalue weighted by Crippen LogP contribution is 2.28. The zero-order valence-electron chi connectivity index (χ0n) is 12.6. The van der Waals surface area contributed by atoms with Crippen LogP contribution in [0.4, 0.5) is 5.69 Å². The Hall–Kier alpha value is -1.95. The van der Waals surface area contributed by atoms with E-state index in [9.17, 15) is 0 Å². The maximum atomic E-state index is 4.69. The minimum atomic E-state index is 0.867. The van der Waals surface area contributed by atoms with E-state index in [2.05, 4.69) is 51.4 Å². The first-order valence-electron chi connectivity index (χ1n) is 7.18. The van der Waals surface area contributed by atoms with Crippen molar-refractivity contribution in [3.63, 3.8) is 0 Å². The van der Waals surface area contributed by atoms with Gasteiger partial charge < -0.3 is 4.90 Å². The summed E-state index contributed by atoms with van der Waals surface area (Å²) in [6.45, 7) is 2.18. The molecule has 0 aliphatic carbocycles. The molecule has 2 aromatic heterocycles. The molecule has 0 unspecified atom stereocenters. The van der Waals surface area contributed by atoms with E-state index in [0.717, 1.165) is 40.6 Å². The lowest BCUT2D eigenvalue weighted by molar-refractivity contribution is 0.723. The molecule has 5 nitrogen and oxygen atoms in total. The summed E-state index contributed by atoms with van der Waals surface area (Å²) < 4.78 is 1.89. The predicted molar refractivity (Wildman–Crippen MR) is 87.0 cm³/mol. The molecule has 1 aromatic carbocycles. The third-order valence-corrected chi connectivity index (χ3v) is 4.37. The zero-order valence-corrected chi connectivity index (χ0v) is 13.4. The molecule has 0 bridgehead atoms. The van der Waals surface area contributed by atoms with Crippen LogP contribution in [0.5, 0.6) is 0 Å². The van der Waals surface area contributed by atoms with Crippen molar-refractivity contribution in [2.45, 2.75) is 26.2 Å². The highest BCUT2D eigenvalue weighted by atomic mass is 32.1. The molecule has 0 fully saturated rings. The smallest absolute Gasteiger partial charge is 0.234 e. The van der Waals surface area contributed by atoms with Gasteiger partial charge in [0.2, 0.25) is 4.96 Å². The van der Waals surface area contributed by atoms with Gasteiger partial charge in [0.25, 0.3) is 0 Å². The summed E-state index contributed by atoms with van der Waals surface area (Å²) in [5, 5.41) is 14.1. The van der Waals surface area contributed by atoms with Gasteiger partial charge in [-0.15, -0.1) is 10.2 Å². The number of rotatable bonds is 5. The molecule has 0 N–H and O–H groups in total. The molecule has 6 heteroatoms. The number of fused-ring (bicyclic) bond motifs is 1. The Labute approximate surface area is 128 Å². The Morgan fingerprint density at radius 3 is 2.86 bits per heavy atom. The summed E-state index contributed by atoms with van der Waals surface area (Å²) >= 11 is 1.58. The van der Waals surface area contributed by atoms with E-state index in [0.29, 0.717) is 0 Å². The fraction of sp³-hybridized carbons (Fsp3) is 0.400. The van der Waals surface area contributed by atoms with E-state index in [1.165, 1.54) is 5.69 Å². The van der Waals surface area contributed by atoms with Crippen LogP contribution in [0.2, 0.25) is 0 Å². The van der Waals surface area contributed by atoms with Crippen LogP contribution in [0.15, 0.2) is 24.3 Å². The third kappa shape index (κ3) is 2.76. The molecule has 0 radical (unpaired) electrons. The monoisotopic (exact) mass is 301 g/mol. The Balaban J connectivity index is 1.97. The average Bonchev–Trinajstić information content (AvgIpc) is 3.06. The molecule has 0 amide bonds. The van der Waals surface area contributed by atoms with E-state index >= 15 is 0 Å². The van der Waals surface area contributed by atoms with E-state index in [1.807, 2.05) is 18.6 Å². The van der Waals surface area contributed by atoms with Crippen molar-refractivity contribution in [1.29, 1.82) is 0 Å². The van der Waals surface area contributed by atoms with Crippen molar-refractivity contribution in [3.8, 4) is 10.6 Å². The molecule has 3 aromatic rings. The van der Waals surface area contributed by atoms with E-state index in [1.54, 1.807) is 11.3 Å². The van der Waals surface area contributed by atoms with Gasteiger partial charge in [-0.2, -0.15) is 9.61 Å². The molecule has 0 saturated heterocycles. The summed E-state index contributed by atoms with van der Waals surface area (Å²) in [5.41, 5.74) is 2.29. The van der Waals surface area contributed by atoms with Crippen LogP contribution in [-0.2, 0) is 6.42 Å². The molecule has 0 spiro atoms. The maximum Gasteiger partial charge on any atom is 0.234 e. The van der Waals surface area contributed by atoms with Crippen molar-refractivity contribution in [3.05, 3.63) is 30.1 Å². The van der Waals surface area contributed by atoms with Crippen LogP contribution in [0, 0.1) is 0 Å². The number of aromatic nitrogens is 4. The van der Waals surface area contributed by atoms with Crippen molar-refractivity contribution < 1.29 is 0 Å². The molecule has 3 rings (SSSR count). The lowest BCUT2D eigenvalue weighted by atomic mass is 10.2. The van der Waals surface area contributed by atoms with Crippen LogP contribution in [0.25, 0.3) is 15.5 Å². The van der Waals surface area contributed by atoms with Crippen LogP contribution < -0.4 is 4.90 Å². The number of nitrogens with zero attached hydrogens (tertiary/aromatic N) is 5. The Morgan fingerprint density at radius 2 is 2.10 bits per heavy atom. The van der Waals surface area contributed by atoms with Crippen LogP contribution in [0.3, 0.4) is 0 Å². The summed E-state index contributed by atoms with van der Waals surface area (Å²) in [6, 6.07) is 8.39. The Morgan fingerprint density at radius 1 is 1.24 bits per heavy atom. The maximum absolute atomic E-state index is 4.69. The molecule has 0 atom stereocenters. The molecule has 2 heterocycles. The number of anilines is 1. The lowest BCUT2D eigenvalue weighted by Crippen LogP contribution is -2.08. The lowest BCUT2D eigenvalue weighted by Gasteiger charge is -2.12. The van der Waals surface area contributed by atoms with Crippen molar-refractivity contribution in [1.82, 2.24) is 19.8 Å². The van der Waals surface area contributed by atoms with Crippen molar-refractivity contribution in [2.75, 3.05) is 19.0 Å². The number of hydrogen-bond donors (Lipinski definition) is 0. The van der Waals surface area contributed by atoms with E-state index < -0.39 is 0 Å². The number of benzene rings is 1. The minimum absolute atomic E-state index is 0.867. The number of aryl methyl sites for hydroxylation is 1. The fourth-order valence-corrected chi connectivity index (χ4v) is 3.04. The summed E-state index contributed by atoms with van der Waals surface area (Å²) in [6.07, 6.45) is 3.19. The van der Waals surface area contributed by atoms with E-state index in [-0.39, 0.29) is 0 Å². The summed E-state index contributed by atoms with van der Waals surface area (Å²) in [4.78, 5) is 2.96. The summed E-state index contributed by atoms with van der Waals surface area (Å²) in [5.74, 6) is 0.957. The van der Waals surface area contributed by atoms with Gasteiger partial charge in [0.05, 0.1) is 0 Å². The van der Waals surface area contributed by atoms with Crippen LogP contribution in [0.1, 0.15) is 25.6 Å². The van der Waals surface area contributed by atoms with Crippen molar-refractivity contribution in [2.24, 2.45) is 0 Å². The Kier molecular flexibility index (Phi) is 3.88. The average molecular weight is 301 g/mol. The van der Waals surface area contributed by atoms with Crippen molar-refractivity contribution >= 4 is 22.0 Å². The van der Waals surface area contributed by atoms with Gasteiger partial charge in [0.15, 0.2) is 5.82 Å². The van der Waals surface area contributed by atoms with Gasteiger partial charge in [0, 0.05) is 31.8 Å². The largest absolute Gasteiger partial charge is 0.378 e. The highest BCUT2D eigenvalue weighted by molar-refractivity contribution is 7.19. The van der Waals surface area contributed by atoms with Gasteiger partial charge in [-0.25, -0.2) is 0 Å². The number of hydrogen-bond acceptors (Lipinski definition) is 5. The first-order valence-corrected chi connectivity index (χ1v) is 7.99. The quantitative estimate of drug-likeness (QED) is 0.725. The van der Waals surface area contributed by atoms with Gasteiger partial charge >= 0.3 is 0 Å². The Bertz CT molecular complexity index is 743. The molecule has 0 saturated carbocycles. The van der Waals surface area contributed by atoms with Crippen LogP contribution >= 0.6 is 11.3 Å². The fourth-order valence-electron chi connectivity index (χ4n) is 2.18. The SMILES string of the molecule is CCCCc1nnc2sc(-c3cccc(N(C)C)c3)nn12. The standard InChI is InChI=1S/C15H19N5S/c1-4-5-9-13-16-17-15-20(13)18-14(21-15)11-7-6-8-12(10-11)19(2)3/h6-8,10H,4-5,9H2,1-3H3. The summed E-state index contributed by atoms with van der Waals surface area (Å²) in [7, 11) is 4.08. The second-order valence-corrected chi connectivity index (χ2v) is 6.22. The first-order chi connectivity index (χ1) is 10.2. The van der Waals surface area contributed by atoms with Gasteiger partial charge in [-0.3, -0.25) is 0 Å². The number of unbranched alkanes of at least 4 members (excludes halogenated alkanes) is 1. The third-order valence-electron chi connectivity index (χ3n) is 3.42. The molecule has 0 aliphatic rings. The zero-order chi connectivity index (χ0) is 14.8.